The van der Waals surface area contributed by atoms with Crippen molar-refractivity contribution in [2.75, 3.05) is 13.2 Å². The summed E-state index contributed by atoms with van der Waals surface area (Å²) < 4.78 is 20.1. The number of ether oxygens (including phenoxy) is 4. The van der Waals surface area contributed by atoms with Gasteiger partial charge in [0.2, 0.25) is 0 Å². The van der Waals surface area contributed by atoms with E-state index in [2.05, 4.69) is 12.2 Å². The van der Waals surface area contributed by atoms with Crippen LogP contribution >= 0.6 is 24.4 Å². The second-order valence-corrected chi connectivity index (χ2v) is 4.05. The first-order chi connectivity index (χ1) is 7.61. The highest BCUT2D eigenvalue weighted by molar-refractivity contribution is 7.80. The van der Waals surface area contributed by atoms with Crippen molar-refractivity contribution in [1.82, 2.24) is 0 Å². The molecular weight excluding hydrogens is 256 g/mol. The van der Waals surface area contributed by atoms with E-state index in [1.54, 1.807) is 0 Å². The summed E-state index contributed by atoms with van der Waals surface area (Å²) in [5.74, 6) is 0. The van der Waals surface area contributed by atoms with Gasteiger partial charge >= 0.3 is 10.5 Å². The van der Waals surface area contributed by atoms with E-state index in [1.165, 1.54) is 0 Å². The molecule has 0 bridgehead atoms. The van der Waals surface area contributed by atoms with Crippen molar-refractivity contribution in [3.05, 3.63) is 0 Å². The van der Waals surface area contributed by atoms with Gasteiger partial charge in [-0.15, -0.1) is 0 Å². The predicted molar refractivity (Wildman–Crippen MR) is 58.9 cm³/mol. The molecular formula is C8H10O6S2. The Morgan fingerprint density at radius 2 is 2.00 bits per heavy atom. The van der Waals surface area contributed by atoms with E-state index in [9.17, 15) is 5.11 Å². The fourth-order valence-electron chi connectivity index (χ4n) is 1.56. The van der Waals surface area contributed by atoms with E-state index in [4.69, 9.17) is 36.3 Å². The minimum absolute atomic E-state index is 0.00825. The highest BCUT2D eigenvalue weighted by Crippen LogP contribution is 2.23. The second-order valence-electron chi connectivity index (χ2n) is 3.38. The lowest BCUT2D eigenvalue weighted by atomic mass is 10.0. The summed E-state index contributed by atoms with van der Waals surface area (Å²) in [6, 6.07) is 0. The molecule has 0 amide bonds. The van der Waals surface area contributed by atoms with Crippen LogP contribution in [-0.4, -0.2) is 58.3 Å². The average Bonchev–Trinajstić information content (AvgIpc) is 2.83. The maximum absolute atomic E-state index is 9.95. The van der Waals surface area contributed by atoms with Crippen molar-refractivity contribution in [2.24, 2.45) is 0 Å². The highest BCUT2D eigenvalue weighted by atomic mass is 32.1. The number of rotatable bonds is 3. The molecule has 0 radical (unpaired) electrons. The van der Waals surface area contributed by atoms with Gasteiger partial charge < -0.3 is 29.2 Å². The lowest BCUT2D eigenvalue weighted by Crippen LogP contribution is -2.45. The standard InChI is InChI=1S/C8H10O6S2/c9-1-3-6(14-8(16)12-3)5(10)4-2-11-7(15)13-4/h3-6,9-10H,1-2H2/t3-,4-,5-,6-/m1/s1. The first-order valence-electron chi connectivity index (χ1n) is 4.61. The Balaban J connectivity index is 2.00. The van der Waals surface area contributed by atoms with Crippen LogP contribution in [0.3, 0.4) is 0 Å². The molecule has 90 valence electrons. The maximum Gasteiger partial charge on any atom is 0.353 e. The molecule has 2 heterocycles. The molecule has 16 heavy (non-hydrogen) atoms. The topological polar surface area (TPSA) is 77.4 Å². The summed E-state index contributed by atoms with van der Waals surface area (Å²) in [4.78, 5) is 0. The Morgan fingerprint density at radius 3 is 2.56 bits per heavy atom. The van der Waals surface area contributed by atoms with Crippen LogP contribution < -0.4 is 0 Å². The molecule has 0 saturated carbocycles. The van der Waals surface area contributed by atoms with Gasteiger partial charge in [0, 0.05) is 24.4 Å². The second kappa shape index (κ2) is 4.66. The molecule has 2 rings (SSSR count). The SMILES string of the molecule is OC[C@H]1OC(=S)O[C@H]1[C@H](O)[C@H]1COC(=S)O1. The van der Waals surface area contributed by atoms with Gasteiger partial charge in [-0.3, -0.25) is 0 Å². The van der Waals surface area contributed by atoms with E-state index in [1.807, 2.05) is 0 Å². The molecule has 0 spiro atoms. The Morgan fingerprint density at radius 1 is 1.25 bits per heavy atom. The number of hydrogen-bond acceptors (Lipinski definition) is 8. The first-order valence-corrected chi connectivity index (χ1v) is 5.43. The number of aliphatic hydroxyl groups excluding tert-OH is 2. The minimum Gasteiger partial charge on any atom is -0.453 e. The summed E-state index contributed by atoms with van der Waals surface area (Å²) in [6.45, 7) is -0.162. The summed E-state index contributed by atoms with van der Waals surface area (Å²) in [6.07, 6.45) is -3.12. The van der Waals surface area contributed by atoms with Gasteiger partial charge in [0.25, 0.3) is 0 Å². The van der Waals surface area contributed by atoms with Crippen molar-refractivity contribution in [3.63, 3.8) is 0 Å². The molecule has 2 N–H and O–H groups in total. The normalized spacial score (nSPS) is 35.0. The summed E-state index contributed by atoms with van der Waals surface area (Å²) in [5, 5.41) is 18.9. The third-order valence-electron chi connectivity index (χ3n) is 2.36. The van der Waals surface area contributed by atoms with Gasteiger partial charge in [0.15, 0.2) is 18.3 Å². The summed E-state index contributed by atoms with van der Waals surface area (Å²) in [5.41, 5.74) is 0. The molecule has 2 aliphatic heterocycles. The van der Waals surface area contributed by atoms with Gasteiger partial charge in [0.05, 0.1) is 6.61 Å². The maximum atomic E-state index is 9.95. The van der Waals surface area contributed by atoms with Crippen molar-refractivity contribution >= 4 is 34.9 Å². The minimum atomic E-state index is -1.03. The predicted octanol–water partition coefficient (Wildman–Crippen LogP) is -0.891. The largest absolute Gasteiger partial charge is 0.453 e. The molecule has 2 saturated heterocycles. The van der Waals surface area contributed by atoms with Gasteiger partial charge in [-0.2, -0.15) is 0 Å². The third kappa shape index (κ3) is 2.19. The summed E-state index contributed by atoms with van der Waals surface area (Å²) >= 11 is 9.36. The number of thiocarbonyl (C=S) groups is 2. The number of hydrogen-bond donors (Lipinski definition) is 2. The van der Waals surface area contributed by atoms with E-state index in [0.29, 0.717) is 0 Å². The van der Waals surface area contributed by atoms with Gasteiger partial charge in [-0.05, 0) is 0 Å². The molecule has 8 heteroatoms. The average molecular weight is 266 g/mol. The number of aliphatic hydroxyl groups is 2. The van der Waals surface area contributed by atoms with E-state index < -0.39 is 24.4 Å². The Bertz CT molecular complexity index is 309. The molecule has 2 aliphatic rings. The van der Waals surface area contributed by atoms with E-state index in [0.717, 1.165) is 0 Å². The lowest BCUT2D eigenvalue weighted by Gasteiger charge is -2.22. The quantitative estimate of drug-likeness (QED) is 0.637. The third-order valence-corrected chi connectivity index (χ3v) is 2.76. The van der Waals surface area contributed by atoms with Crippen LogP contribution in [-0.2, 0) is 18.9 Å². The molecule has 0 aliphatic carbocycles. The summed E-state index contributed by atoms with van der Waals surface area (Å²) in [7, 11) is 0. The van der Waals surface area contributed by atoms with E-state index >= 15 is 0 Å². The fraction of sp³-hybridized carbons (Fsp3) is 0.750. The Labute approximate surface area is 102 Å². The van der Waals surface area contributed by atoms with Gasteiger partial charge in [-0.25, -0.2) is 0 Å². The van der Waals surface area contributed by atoms with E-state index in [-0.39, 0.29) is 23.7 Å². The van der Waals surface area contributed by atoms with Crippen LogP contribution in [0.5, 0.6) is 0 Å². The lowest BCUT2D eigenvalue weighted by molar-refractivity contribution is -0.0525. The van der Waals surface area contributed by atoms with Crippen LogP contribution in [0.4, 0.5) is 0 Å². The fourth-order valence-corrected chi connectivity index (χ4v) is 1.98. The monoisotopic (exact) mass is 266 g/mol. The van der Waals surface area contributed by atoms with Crippen molar-refractivity contribution in [2.45, 2.75) is 24.4 Å². The van der Waals surface area contributed by atoms with Gasteiger partial charge in [0.1, 0.15) is 12.7 Å². The molecule has 4 atom stereocenters. The van der Waals surface area contributed by atoms with Gasteiger partial charge in [-0.1, -0.05) is 0 Å². The van der Waals surface area contributed by atoms with Crippen LogP contribution in [0.1, 0.15) is 0 Å². The smallest absolute Gasteiger partial charge is 0.353 e. The molecule has 0 aromatic heterocycles. The van der Waals surface area contributed by atoms with Crippen molar-refractivity contribution in [1.29, 1.82) is 0 Å². The zero-order valence-electron chi connectivity index (χ0n) is 8.07. The van der Waals surface area contributed by atoms with Crippen LogP contribution in [0.15, 0.2) is 0 Å². The van der Waals surface area contributed by atoms with Crippen LogP contribution in [0.25, 0.3) is 0 Å². The zero-order valence-corrected chi connectivity index (χ0v) is 9.70. The Kier molecular flexibility index (Phi) is 3.43. The molecule has 0 aromatic rings. The molecule has 2 fully saturated rings. The molecule has 0 unspecified atom stereocenters. The first kappa shape index (κ1) is 11.8. The Hall–Kier alpha value is -0.700. The van der Waals surface area contributed by atoms with Crippen LogP contribution in [0.2, 0.25) is 0 Å². The molecule has 0 aromatic carbocycles. The zero-order chi connectivity index (χ0) is 11.7. The molecule has 6 nitrogen and oxygen atoms in total. The highest BCUT2D eigenvalue weighted by Gasteiger charge is 2.45. The van der Waals surface area contributed by atoms with Crippen molar-refractivity contribution < 1.29 is 29.2 Å². The van der Waals surface area contributed by atoms with Crippen molar-refractivity contribution in [3.8, 4) is 0 Å². The van der Waals surface area contributed by atoms with Crippen LogP contribution in [0, 0.1) is 0 Å².